The summed E-state index contributed by atoms with van der Waals surface area (Å²) in [6, 6.07) is 11.1. The molecular formula is C18H21ClFN3O3S. The van der Waals surface area contributed by atoms with Crippen LogP contribution in [0.1, 0.15) is 23.2 Å². The molecule has 1 amide bonds. The number of carbonyl (C=O) groups is 1. The molecule has 0 saturated carbocycles. The highest BCUT2D eigenvalue weighted by Crippen LogP contribution is 2.18. The molecule has 1 saturated heterocycles. The number of nitrogens with zero attached hydrogens (tertiary/aromatic N) is 1. The Labute approximate surface area is 164 Å². The molecule has 0 aliphatic carbocycles. The van der Waals surface area contributed by atoms with Gasteiger partial charge in [-0.1, -0.05) is 0 Å². The van der Waals surface area contributed by atoms with Crippen LogP contribution < -0.4 is 10.5 Å². The van der Waals surface area contributed by atoms with Crippen molar-refractivity contribution in [1.82, 2.24) is 9.62 Å². The Morgan fingerprint density at radius 1 is 1.04 bits per heavy atom. The van der Waals surface area contributed by atoms with Crippen molar-refractivity contribution >= 4 is 34.0 Å². The van der Waals surface area contributed by atoms with E-state index >= 15 is 0 Å². The average Bonchev–Trinajstić information content (AvgIpc) is 2.62. The number of likely N-dealkylation sites (tertiary alicyclic amines) is 1. The van der Waals surface area contributed by atoms with Gasteiger partial charge in [-0.05, 0) is 61.4 Å². The molecule has 3 N–H and O–H groups in total. The summed E-state index contributed by atoms with van der Waals surface area (Å²) in [4.78, 5) is 14.2. The van der Waals surface area contributed by atoms with E-state index in [1.807, 2.05) is 0 Å². The Morgan fingerprint density at radius 3 is 2.15 bits per heavy atom. The van der Waals surface area contributed by atoms with Gasteiger partial charge in [-0.3, -0.25) is 4.79 Å². The third-order valence-corrected chi connectivity index (χ3v) is 5.92. The van der Waals surface area contributed by atoms with Crippen molar-refractivity contribution in [2.24, 2.45) is 0 Å². The van der Waals surface area contributed by atoms with Gasteiger partial charge in [0.05, 0.1) is 4.90 Å². The monoisotopic (exact) mass is 413 g/mol. The van der Waals surface area contributed by atoms with Gasteiger partial charge in [-0.25, -0.2) is 17.5 Å². The molecule has 0 unspecified atom stereocenters. The zero-order valence-corrected chi connectivity index (χ0v) is 16.1. The van der Waals surface area contributed by atoms with Crippen LogP contribution in [0.15, 0.2) is 53.4 Å². The van der Waals surface area contributed by atoms with E-state index < -0.39 is 15.8 Å². The molecule has 0 atom stereocenters. The lowest BCUT2D eigenvalue weighted by molar-refractivity contribution is 0.0711. The highest BCUT2D eigenvalue weighted by Gasteiger charge is 2.27. The molecule has 6 nitrogen and oxygen atoms in total. The molecule has 0 aromatic heterocycles. The molecule has 1 heterocycles. The van der Waals surface area contributed by atoms with Gasteiger partial charge in [0.1, 0.15) is 5.82 Å². The Kier molecular flexibility index (Phi) is 6.80. The van der Waals surface area contributed by atoms with Crippen LogP contribution in [-0.2, 0) is 10.0 Å². The second kappa shape index (κ2) is 8.69. The Bertz CT molecular complexity index is 881. The summed E-state index contributed by atoms with van der Waals surface area (Å²) in [5.74, 6) is -0.580. The second-order valence-electron chi connectivity index (χ2n) is 6.26. The fourth-order valence-electron chi connectivity index (χ4n) is 2.91. The minimum Gasteiger partial charge on any atom is -0.399 e. The third kappa shape index (κ3) is 5.18. The maximum atomic E-state index is 13.0. The second-order valence-corrected chi connectivity index (χ2v) is 7.98. The molecule has 0 radical (unpaired) electrons. The zero-order chi connectivity index (χ0) is 18.7. The predicted molar refractivity (Wildman–Crippen MR) is 104 cm³/mol. The number of nitrogen functional groups attached to an aromatic ring is 1. The highest BCUT2D eigenvalue weighted by molar-refractivity contribution is 7.89. The first-order chi connectivity index (χ1) is 12.3. The van der Waals surface area contributed by atoms with Gasteiger partial charge in [0.2, 0.25) is 10.0 Å². The number of sulfonamides is 1. The fourth-order valence-corrected chi connectivity index (χ4v) is 4.21. The van der Waals surface area contributed by atoms with Crippen molar-refractivity contribution in [1.29, 1.82) is 0 Å². The standard InChI is InChI=1S/C18H20FN3O3S.ClH/c19-14-3-7-17(8-4-14)26(24,25)21-16-9-11-22(12-10-16)18(23)13-1-5-15(20)6-2-13;/h1-8,16,21H,9-12,20H2;1H. The van der Waals surface area contributed by atoms with Gasteiger partial charge < -0.3 is 10.6 Å². The van der Waals surface area contributed by atoms with E-state index in [4.69, 9.17) is 5.73 Å². The van der Waals surface area contributed by atoms with Gasteiger partial charge in [0.25, 0.3) is 5.91 Å². The van der Waals surface area contributed by atoms with Crippen molar-refractivity contribution in [2.45, 2.75) is 23.8 Å². The lowest BCUT2D eigenvalue weighted by Crippen LogP contribution is -2.46. The minimum atomic E-state index is -3.71. The summed E-state index contributed by atoms with van der Waals surface area (Å²) in [5, 5.41) is 0. The molecule has 9 heteroatoms. The van der Waals surface area contributed by atoms with Crippen molar-refractivity contribution in [3.63, 3.8) is 0 Å². The number of piperidine rings is 1. The van der Waals surface area contributed by atoms with Crippen molar-refractivity contribution in [3.05, 3.63) is 59.9 Å². The largest absolute Gasteiger partial charge is 0.399 e. The smallest absolute Gasteiger partial charge is 0.253 e. The van der Waals surface area contributed by atoms with Gasteiger partial charge >= 0.3 is 0 Å². The molecule has 1 aliphatic rings. The van der Waals surface area contributed by atoms with Gasteiger partial charge in [0, 0.05) is 30.4 Å². The van der Waals surface area contributed by atoms with Crippen LogP contribution >= 0.6 is 12.4 Å². The summed E-state index contributed by atoms with van der Waals surface area (Å²) >= 11 is 0. The molecule has 2 aromatic rings. The normalized spacial score (nSPS) is 15.2. The van der Waals surface area contributed by atoms with E-state index in [-0.39, 0.29) is 29.3 Å². The quantitative estimate of drug-likeness (QED) is 0.753. The van der Waals surface area contributed by atoms with Crippen LogP contribution in [0.3, 0.4) is 0 Å². The van der Waals surface area contributed by atoms with Crippen LogP contribution in [0.5, 0.6) is 0 Å². The van der Waals surface area contributed by atoms with E-state index in [1.165, 1.54) is 12.1 Å². The van der Waals surface area contributed by atoms with Gasteiger partial charge in [0.15, 0.2) is 0 Å². The number of carbonyl (C=O) groups excluding carboxylic acids is 1. The van der Waals surface area contributed by atoms with E-state index in [1.54, 1.807) is 29.2 Å². The lowest BCUT2D eigenvalue weighted by atomic mass is 10.0. The number of halogens is 2. The zero-order valence-electron chi connectivity index (χ0n) is 14.5. The summed E-state index contributed by atoms with van der Waals surface area (Å²) in [7, 11) is -3.71. The molecule has 1 fully saturated rings. The number of amides is 1. The maximum absolute atomic E-state index is 13.0. The molecule has 0 spiro atoms. The number of hydrogen-bond donors (Lipinski definition) is 2. The molecule has 146 valence electrons. The van der Waals surface area contributed by atoms with E-state index in [0.717, 1.165) is 12.1 Å². The van der Waals surface area contributed by atoms with Crippen LogP contribution in [0.4, 0.5) is 10.1 Å². The van der Waals surface area contributed by atoms with Crippen LogP contribution in [-0.4, -0.2) is 38.4 Å². The third-order valence-electron chi connectivity index (χ3n) is 4.39. The Balaban J connectivity index is 0.00000261. The SMILES string of the molecule is Cl.Nc1ccc(C(=O)N2CCC(NS(=O)(=O)c3ccc(F)cc3)CC2)cc1. The Hall–Kier alpha value is -2.16. The van der Waals surface area contributed by atoms with E-state index in [2.05, 4.69) is 4.72 Å². The molecule has 1 aliphatic heterocycles. The molecule has 2 aromatic carbocycles. The lowest BCUT2D eigenvalue weighted by Gasteiger charge is -2.32. The summed E-state index contributed by atoms with van der Waals surface area (Å²) in [5.41, 5.74) is 6.78. The number of hydrogen-bond acceptors (Lipinski definition) is 4. The summed E-state index contributed by atoms with van der Waals surface area (Å²) in [6.07, 6.45) is 1.03. The number of rotatable bonds is 4. The number of nitrogens with two attached hydrogens (primary N) is 1. The minimum absolute atomic E-state index is 0. The van der Waals surface area contributed by atoms with Crippen LogP contribution in [0, 0.1) is 5.82 Å². The topological polar surface area (TPSA) is 92.5 Å². The van der Waals surface area contributed by atoms with Crippen molar-refractivity contribution < 1.29 is 17.6 Å². The summed E-state index contributed by atoms with van der Waals surface area (Å²) < 4.78 is 40.3. The number of anilines is 1. The van der Waals surface area contributed by atoms with Crippen LogP contribution in [0.25, 0.3) is 0 Å². The first-order valence-electron chi connectivity index (χ1n) is 8.28. The Morgan fingerprint density at radius 2 is 1.59 bits per heavy atom. The van der Waals surface area contributed by atoms with Gasteiger partial charge in [-0.15, -0.1) is 12.4 Å². The molecule has 3 rings (SSSR count). The molecular weight excluding hydrogens is 393 g/mol. The van der Waals surface area contributed by atoms with E-state index in [0.29, 0.717) is 37.2 Å². The van der Waals surface area contributed by atoms with Crippen LogP contribution in [0.2, 0.25) is 0 Å². The maximum Gasteiger partial charge on any atom is 0.253 e. The van der Waals surface area contributed by atoms with Crippen molar-refractivity contribution in [2.75, 3.05) is 18.8 Å². The fraction of sp³-hybridized carbons (Fsp3) is 0.278. The number of benzene rings is 2. The first-order valence-corrected chi connectivity index (χ1v) is 9.76. The number of nitrogens with one attached hydrogen (secondary N) is 1. The van der Waals surface area contributed by atoms with Gasteiger partial charge in [-0.2, -0.15) is 0 Å². The van der Waals surface area contributed by atoms with Crippen molar-refractivity contribution in [3.8, 4) is 0 Å². The first kappa shape index (κ1) is 21.1. The van der Waals surface area contributed by atoms with E-state index in [9.17, 15) is 17.6 Å². The molecule has 0 bridgehead atoms. The highest BCUT2D eigenvalue weighted by atomic mass is 35.5. The molecule has 27 heavy (non-hydrogen) atoms. The summed E-state index contributed by atoms with van der Waals surface area (Å²) in [6.45, 7) is 0.916. The average molecular weight is 414 g/mol. The predicted octanol–water partition coefficient (Wildman–Crippen LogP) is 2.41.